The maximum atomic E-state index is 5.83. The molecule has 0 saturated heterocycles. The second-order valence-electron chi connectivity index (χ2n) is 15.3. The Morgan fingerprint density at radius 2 is 0.843 bits per heavy atom. The summed E-state index contributed by atoms with van der Waals surface area (Å²) in [7, 11) is 2.43. The van der Waals surface area contributed by atoms with Gasteiger partial charge in [0.2, 0.25) is 0 Å². The summed E-state index contributed by atoms with van der Waals surface area (Å²) in [5.41, 5.74) is 11.6. The number of benzene rings is 4. The molecule has 6 rings (SSSR count). The monoisotopic (exact) mass is 764 g/mol. The normalized spacial score (nSPS) is 17.6. The molecule has 0 heterocycles. The summed E-state index contributed by atoms with van der Waals surface area (Å²) < 4.78 is 11.7. The number of aryl methyl sites for hydroxylation is 8. The van der Waals surface area contributed by atoms with Crippen molar-refractivity contribution in [1.82, 2.24) is 0 Å². The fourth-order valence-corrected chi connectivity index (χ4v) is 16.1. The first-order valence-electron chi connectivity index (χ1n) is 19.0. The predicted octanol–water partition coefficient (Wildman–Crippen LogP) is 11.2. The molecular formula is C46H62FeO2P2. The molecule has 2 fully saturated rings. The first-order chi connectivity index (χ1) is 23.9. The minimum absolute atomic E-state index is 0. The molecule has 2 unspecified atom stereocenters. The van der Waals surface area contributed by atoms with Crippen molar-refractivity contribution >= 4 is 37.1 Å². The molecule has 0 aromatic heterocycles. The maximum absolute atomic E-state index is 5.83. The maximum Gasteiger partial charge on any atom is 0.124 e. The van der Waals surface area contributed by atoms with Gasteiger partial charge in [-0.15, -0.1) is 0 Å². The van der Waals surface area contributed by atoms with Gasteiger partial charge in [-0.3, -0.25) is 0 Å². The van der Waals surface area contributed by atoms with Crippen LogP contribution in [-0.2, 0) is 17.1 Å². The van der Waals surface area contributed by atoms with Gasteiger partial charge in [-0.25, -0.2) is 0 Å². The topological polar surface area (TPSA) is 18.5 Å². The molecule has 0 amide bonds. The van der Waals surface area contributed by atoms with Gasteiger partial charge in [-0.1, -0.05) is 104 Å². The Kier molecular flexibility index (Phi) is 15.3. The smallest absolute Gasteiger partial charge is 0.124 e. The van der Waals surface area contributed by atoms with Crippen molar-refractivity contribution in [2.24, 2.45) is 5.92 Å². The van der Waals surface area contributed by atoms with Gasteiger partial charge in [0, 0.05) is 17.1 Å². The van der Waals surface area contributed by atoms with E-state index in [9.17, 15) is 0 Å². The molecule has 2 nitrogen and oxygen atoms in total. The van der Waals surface area contributed by atoms with E-state index in [2.05, 4.69) is 123 Å². The van der Waals surface area contributed by atoms with Gasteiger partial charge >= 0.3 is 0 Å². The third-order valence-corrected chi connectivity index (χ3v) is 16.7. The van der Waals surface area contributed by atoms with Gasteiger partial charge in [-0.2, -0.15) is 0 Å². The molecule has 2 aliphatic rings. The van der Waals surface area contributed by atoms with Crippen LogP contribution in [0.15, 0.2) is 60.7 Å². The molecule has 2 aliphatic carbocycles. The number of ether oxygens (including phenoxy) is 2. The second-order valence-corrected chi connectivity index (χ2v) is 20.4. The molecule has 4 aromatic carbocycles. The molecule has 0 bridgehead atoms. The van der Waals surface area contributed by atoms with Crippen molar-refractivity contribution in [2.45, 2.75) is 125 Å². The van der Waals surface area contributed by atoms with E-state index < -0.39 is 15.8 Å². The van der Waals surface area contributed by atoms with Crippen LogP contribution in [0, 0.1) is 61.3 Å². The Bertz CT molecular complexity index is 1570. The standard InChI is InChI=1S/C41H52O2P2.C5H10.Fe/c1-25-15-26(2)18-34(17-25)44(35-19-27(3)16-28(4)20-35)33(9)38-13-12-14-39(38)45(36-21-29(5)40(42-10)30(6)22-36)37-23-31(7)41(43-11)32(8)24-37;1-2-4-5-3-1;/h15-24,33,38-39H,12-14H2,1-11H3;1-5H2;/t33-,38?,39?;;/m0../s1. The fraction of sp³-hybridized carbons (Fsp3) is 0.478. The van der Waals surface area contributed by atoms with Crippen LogP contribution in [0.4, 0.5) is 0 Å². The Morgan fingerprint density at radius 3 is 1.18 bits per heavy atom. The molecule has 0 aliphatic heterocycles. The molecule has 3 atom stereocenters. The summed E-state index contributed by atoms with van der Waals surface area (Å²) >= 11 is 0. The van der Waals surface area contributed by atoms with Crippen molar-refractivity contribution in [3.8, 4) is 11.5 Å². The summed E-state index contributed by atoms with van der Waals surface area (Å²) in [6, 6.07) is 24.3. The van der Waals surface area contributed by atoms with Crippen LogP contribution >= 0.6 is 15.8 Å². The number of methoxy groups -OCH3 is 2. The molecule has 5 heteroatoms. The molecule has 0 spiro atoms. The third kappa shape index (κ3) is 9.89. The van der Waals surface area contributed by atoms with Crippen molar-refractivity contribution in [3.05, 3.63) is 105 Å². The molecule has 51 heavy (non-hydrogen) atoms. The summed E-state index contributed by atoms with van der Waals surface area (Å²) in [4.78, 5) is 0. The van der Waals surface area contributed by atoms with Crippen molar-refractivity contribution in [2.75, 3.05) is 14.2 Å². The number of rotatable bonds is 9. The van der Waals surface area contributed by atoms with Crippen molar-refractivity contribution < 1.29 is 26.5 Å². The SMILES string of the molecule is C1CCCC1.COc1c(C)cc(P(c2cc(C)c(OC)c(C)c2)C2CCCC2[C@H](C)P(c2cc(C)cc(C)c2)c2cc(C)cc(C)c2)cc1C.[Fe]. The van der Waals surface area contributed by atoms with Crippen molar-refractivity contribution in [3.63, 3.8) is 0 Å². The zero-order chi connectivity index (χ0) is 36.1. The number of hydrogen-bond donors (Lipinski definition) is 0. The van der Waals surface area contributed by atoms with E-state index in [1.165, 1.54) is 117 Å². The van der Waals surface area contributed by atoms with E-state index in [-0.39, 0.29) is 17.1 Å². The summed E-state index contributed by atoms with van der Waals surface area (Å²) in [6.07, 6.45) is 11.4. The first kappa shape index (κ1) is 41.6. The van der Waals surface area contributed by atoms with Gasteiger partial charge < -0.3 is 9.47 Å². The van der Waals surface area contributed by atoms with E-state index in [4.69, 9.17) is 9.47 Å². The van der Waals surface area contributed by atoms with E-state index in [0.29, 0.717) is 17.2 Å². The largest absolute Gasteiger partial charge is 0.496 e. The average molecular weight is 765 g/mol. The van der Waals surface area contributed by atoms with Gasteiger partial charge in [0.15, 0.2) is 0 Å². The van der Waals surface area contributed by atoms with Crippen LogP contribution in [0.1, 0.15) is 103 Å². The minimum Gasteiger partial charge on any atom is -0.496 e. The zero-order valence-electron chi connectivity index (χ0n) is 33.2. The third-order valence-electron chi connectivity index (χ3n) is 11.0. The molecule has 4 aromatic rings. The summed E-state index contributed by atoms with van der Waals surface area (Å²) in [5.74, 6) is 2.66. The Hall–Kier alpha value is -2.14. The van der Waals surface area contributed by atoms with Crippen molar-refractivity contribution in [1.29, 1.82) is 0 Å². The van der Waals surface area contributed by atoms with Gasteiger partial charge in [0.1, 0.15) is 11.5 Å². The molecule has 0 radical (unpaired) electrons. The molecule has 2 saturated carbocycles. The first-order valence-corrected chi connectivity index (χ1v) is 21.8. The summed E-state index contributed by atoms with van der Waals surface area (Å²) in [5, 5.41) is 6.02. The van der Waals surface area contributed by atoms with Crippen LogP contribution in [0.2, 0.25) is 0 Å². The van der Waals surface area contributed by atoms with Crippen LogP contribution in [-0.4, -0.2) is 25.5 Å². The quantitative estimate of drug-likeness (QED) is 0.125. The van der Waals surface area contributed by atoms with E-state index in [1.54, 1.807) is 14.2 Å². The second kappa shape index (κ2) is 18.8. The Labute approximate surface area is 323 Å². The minimum atomic E-state index is -0.612. The van der Waals surface area contributed by atoms with Crippen LogP contribution in [0.3, 0.4) is 0 Å². The molecule has 0 N–H and O–H groups in total. The van der Waals surface area contributed by atoms with Crippen LogP contribution in [0.25, 0.3) is 0 Å². The predicted molar refractivity (Wildman–Crippen MR) is 223 cm³/mol. The van der Waals surface area contributed by atoms with E-state index in [1.807, 2.05) is 0 Å². The molecule has 276 valence electrons. The van der Waals surface area contributed by atoms with Crippen LogP contribution in [0.5, 0.6) is 11.5 Å². The molecular weight excluding hydrogens is 702 g/mol. The van der Waals surface area contributed by atoms with E-state index >= 15 is 0 Å². The van der Waals surface area contributed by atoms with Gasteiger partial charge in [0.05, 0.1) is 14.2 Å². The fourth-order valence-electron chi connectivity index (χ4n) is 9.04. The van der Waals surface area contributed by atoms with E-state index in [0.717, 1.165) is 11.5 Å². The van der Waals surface area contributed by atoms with Crippen LogP contribution < -0.4 is 30.7 Å². The number of hydrogen-bond acceptors (Lipinski definition) is 2. The summed E-state index contributed by atoms with van der Waals surface area (Å²) in [6.45, 7) is 20.5. The average Bonchev–Trinajstić information content (AvgIpc) is 3.77. The van der Waals surface area contributed by atoms with Gasteiger partial charge in [-0.05, 0) is 169 Å². The Balaban J connectivity index is 0.000000894. The zero-order valence-corrected chi connectivity index (χ0v) is 36.1. The Morgan fingerprint density at radius 1 is 0.490 bits per heavy atom. The van der Waals surface area contributed by atoms with Gasteiger partial charge in [0.25, 0.3) is 0 Å².